The van der Waals surface area contributed by atoms with Crippen molar-refractivity contribution < 1.29 is 4.79 Å². The molecular weight excluding hydrogens is 378 g/mol. The summed E-state index contributed by atoms with van der Waals surface area (Å²) in [6, 6.07) is 17.3. The van der Waals surface area contributed by atoms with Gasteiger partial charge in [0.15, 0.2) is 0 Å². The van der Waals surface area contributed by atoms with Crippen LogP contribution in [0.4, 0.5) is 0 Å². The maximum atomic E-state index is 12.7. The van der Waals surface area contributed by atoms with Crippen molar-refractivity contribution >= 4 is 27.9 Å². The fourth-order valence-electron chi connectivity index (χ4n) is 2.93. The van der Waals surface area contributed by atoms with Crippen LogP contribution in [0.3, 0.4) is 0 Å². The molecule has 1 aromatic heterocycles. The van der Waals surface area contributed by atoms with Crippen LogP contribution in [0, 0.1) is 17.2 Å². The third-order valence-corrected chi connectivity index (χ3v) is 4.90. The fraction of sp³-hybridized carbons (Fsp3) is 0.250. The van der Waals surface area contributed by atoms with Crippen molar-refractivity contribution in [3.05, 3.63) is 70.0 Å². The van der Waals surface area contributed by atoms with E-state index in [0.29, 0.717) is 16.2 Å². The van der Waals surface area contributed by atoms with Crippen molar-refractivity contribution in [2.45, 2.75) is 25.3 Å². The van der Waals surface area contributed by atoms with Crippen LogP contribution in [0.25, 0.3) is 6.08 Å². The third-order valence-electron chi connectivity index (χ3n) is 4.46. The number of nitrogens with one attached hydrogen (secondary N) is 1. The molecule has 0 bridgehead atoms. The molecule has 1 aliphatic rings. The van der Waals surface area contributed by atoms with Gasteiger partial charge in [-0.3, -0.25) is 4.79 Å². The Morgan fingerprint density at radius 3 is 2.60 bits per heavy atom. The molecule has 1 N–H and O–H groups in total. The molecule has 1 fully saturated rings. The number of carbonyl (C=O) groups excluding carboxylic acids is 1. The molecular formula is C20H18BrN3O. The summed E-state index contributed by atoms with van der Waals surface area (Å²) < 4.78 is 0.663. The van der Waals surface area contributed by atoms with E-state index in [1.54, 1.807) is 12.1 Å². The molecule has 1 amide bonds. The Hall–Kier alpha value is -2.45. The van der Waals surface area contributed by atoms with Gasteiger partial charge in [-0.05, 0) is 58.5 Å². The van der Waals surface area contributed by atoms with E-state index in [2.05, 4.69) is 26.2 Å². The highest BCUT2D eigenvalue weighted by Gasteiger charge is 2.30. The van der Waals surface area contributed by atoms with Crippen molar-refractivity contribution in [2.24, 2.45) is 5.92 Å². The topological polar surface area (TPSA) is 65.8 Å². The average Bonchev–Trinajstić information content (AvgIpc) is 2.58. The number of hydrogen-bond donors (Lipinski definition) is 1. The summed E-state index contributed by atoms with van der Waals surface area (Å²) >= 11 is 3.29. The van der Waals surface area contributed by atoms with Crippen LogP contribution >= 0.6 is 15.9 Å². The van der Waals surface area contributed by atoms with E-state index >= 15 is 0 Å². The molecule has 1 aliphatic carbocycles. The fourth-order valence-corrected chi connectivity index (χ4v) is 3.28. The number of nitriles is 1. The largest absolute Gasteiger partial charge is 0.344 e. The molecule has 1 aromatic carbocycles. The Kier molecular flexibility index (Phi) is 5.62. The second kappa shape index (κ2) is 8.09. The number of nitrogens with zero attached hydrogens (tertiary/aromatic N) is 2. The maximum absolute atomic E-state index is 12.7. The van der Waals surface area contributed by atoms with E-state index in [1.807, 2.05) is 42.5 Å². The summed E-state index contributed by atoms with van der Waals surface area (Å²) in [7, 11) is 0. The van der Waals surface area contributed by atoms with Crippen LogP contribution in [-0.2, 0) is 4.79 Å². The van der Waals surface area contributed by atoms with Gasteiger partial charge < -0.3 is 5.32 Å². The second-order valence-electron chi connectivity index (χ2n) is 6.11. The summed E-state index contributed by atoms with van der Waals surface area (Å²) in [5, 5.41) is 12.5. The predicted octanol–water partition coefficient (Wildman–Crippen LogP) is 4.41. The Labute approximate surface area is 155 Å². The summed E-state index contributed by atoms with van der Waals surface area (Å²) in [4.78, 5) is 16.9. The first-order valence-electron chi connectivity index (χ1n) is 8.27. The number of aromatic nitrogens is 1. The van der Waals surface area contributed by atoms with Gasteiger partial charge in [-0.1, -0.05) is 42.8 Å². The molecule has 1 heterocycles. The lowest BCUT2D eigenvalue weighted by Gasteiger charge is -2.34. The normalized spacial score (nSPS) is 15.8. The minimum atomic E-state index is -0.356. The Bertz CT molecular complexity index is 822. The van der Waals surface area contributed by atoms with Crippen LogP contribution in [0.15, 0.2) is 58.7 Å². The van der Waals surface area contributed by atoms with Crippen LogP contribution in [0.1, 0.15) is 36.6 Å². The van der Waals surface area contributed by atoms with Gasteiger partial charge in [0.05, 0.1) is 11.7 Å². The zero-order chi connectivity index (χ0) is 17.6. The lowest BCUT2D eigenvalue weighted by atomic mass is 9.77. The first kappa shape index (κ1) is 17.4. The summed E-state index contributed by atoms with van der Waals surface area (Å²) in [5.41, 5.74) is 1.71. The quantitative estimate of drug-likeness (QED) is 0.463. The molecule has 3 rings (SSSR count). The molecule has 0 saturated heterocycles. The molecule has 5 heteroatoms. The van der Waals surface area contributed by atoms with Gasteiger partial charge in [0.25, 0.3) is 5.91 Å². The van der Waals surface area contributed by atoms with Gasteiger partial charge in [-0.2, -0.15) is 5.26 Å². The van der Waals surface area contributed by atoms with E-state index < -0.39 is 0 Å². The molecule has 126 valence electrons. The maximum Gasteiger partial charge on any atom is 0.262 e. The Balaban J connectivity index is 1.81. The van der Waals surface area contributed by atoms with Crippen molar-refractivity contribution in [2.75, 3.05) is 0 Å². The lowest BCUT2D eigenvalue weighted by Crippen LogP contribution is -2.36. The molecule has 0 unspecified atom stereocenters. The first-order chi connectivity index (χ1) is 12.2. The number of rotatable bonds is 5. The molecule has 1 atom stereocenters. The minimum absolute atomic E-state index is 0.0605. The summed E-state index contributed by atoms with van der Waals surface area (Å²) in [6.07, 6.45) is 4.90. The summed E-state index contributed by atoms with van der Waals surface area (Å²) in [5.74, 6) is 0.0697. The smallest absolute Gasteiger partial charge is 0.262 e. The summed E-state index contributed by atoms with van der Waals surface area (Å²) in [6.45, 7) is 0. The van der Waals surface area contributed by atoms with Crippen molar-refractivity contribution in [1.82, 2.24) is 10.3 Å². The zero-order valence-electron chi connectivity index (χ0n) is 13.7. The number of amides is 1. The van der Waals surface area contributed by atoms with Gasteiger partial charge >= 0.3 is 0 Å². The van der Waals surface area contributed by atoms with Gasteiger partial charge in [0.2, 0.25) is 0 Å². The van der Waals surface area contributed by atoms with E-state index in [9.17, 15) is 10.1 Å². The van der Waals surface area contributed by atoms with Crippen LogP contribution in [0.5, 0.6) is 0 Å². The number of carbonyl (C=O) groups is 1. The first-order valence-corrected chi connectivity index (χ1v) is 9.07. The highest BCUT2D eigenvalue weighted by molar-refractivity contribution is 9.10. The molecule has 25 heavy (non-hydrogen) atoms. The van der Waals surface area contributed by atoms with E-state index in [0.717, 1.165) is 18.4 Å². The van der Waals surface area contributed by atoms with Crippen molar-refractivity contribution in [3.63, 3.8) is 0 Å². The SMILES string of the molecule is N#CC(=Cc1cccc(Br)n1)C(=O)N[C@@H](c1ccccc1)C1CCC1. The molecule has 1 saturated carbocycles. The van der Waals surface area contributed by atoms with Crippen LogP contribution in [0.2, 0.25) is 0 Å². The van der Waals surface area contributed by atoms with Gasteiger partial charge in [0.1, 0.15) is 16.2 Å². The molecule has 0 spiro atoms. The predicted molar refractivity (Wildman–Crippen MR) is 100 cm³/mol. The van der Waals surface area contributed by atoms with Crippen molar-refractivity contribution in [3.8, 4) is 6.07 Å². The van der Waals surface area contributed by atoms with E-state index in [-0.39, 0.29) is 17.5 Å². The second-order valence-corrected chi connectivity index (χ2v) is 6.92. The van der Waals surface area contributed by atoms with Crippen LogP contribution in [-0.4, -0.2) is 10.9 Å². The third kappa shape index (κ3) is 4.34. The van der Waals surface area contributed by atoms with Crippen molar-refractivity contribution in [1.29, 1.82) is 5.26 Å². The highest BCUT2D eigenvalue weighted by atomic mass is 79.9. The van der Waals surface area contributed by atoms with E-state index in [1.165, 1.54) is 12.5 Å². The van der Waals surface area contributed by atoms with Crippen LogP contribution < -0.4 is 5.32 Å². The Morgan fingerprint density at radius 2 is 2.00 bits per heavy atom. The molecule has 2 aromatic rings. The van der Waals surface area contributed by atoms with Gasteiger partial charge in [0, 0.05) is 0 Å². The molecule has 4 nitrogen and oxygen atoms in total. The number of hydrogen-bond acceptors (Lipinski definition) is 3. The number of pyridine rings is 1. The minimum Gasteiger partial charge on any atom is -0.344 e. The highest BCUT2D eigenvalue weighted by Crippen LogP contribution is 2.37. The van der Waals surface area contributed by atoms with Gasteiger partial charge in [-0.15, -0.1) is 0 Å². The van der Waals surface area contributed by atoms with E-state index in [4.69, 9.17) is 0 Å². The molecule has 0 aliphatic heterocycles. The lowest BCUT2D eigenvalue weighted by molar-refractivity contribution is -0.118. The van der Waals surface area contributed by atoms with Gasteiger partial charge in [-0.25, -0.2) is 4.98 Å². The molecule has 0 radical (unpaired) electrons. The number of halogens is 1. The Morgan fingerprint density at radius 1 is 1.24 bits per heavy atom. The standard InChI is InChI=1S/C20H18BrN3O/c21-18-11-5-10-17(23-18)12-16(13-22)20(25)24-19(15-8-4-9-15)14-6-2-1-3-7-14/h1-3,5-7,10-12,15,19H,4,8-9H2,(H,24,25)/t19-/m0/s1. The monoisotopic (exact) mass is 395 g/mol. The number of benzene rings is 1. The average molecular weight is 396 g/mol. The zero-order valence-corrected chi connectivity index (χ0v) is 15.2.